The summed E-state index contributed by atoms with van der Waals surface area (Å²) in [5.41, 5.74) is 1.09. The number of rotatable bonds is 7. The molecule has 1 amide bonds. The Morgan fingerprint density at radius 3 is 2.64 bits per heavy atom. The Hall–Kier alpha value is -1.59. The summed E-state index contributed by atoms with van der Waals surface area (Å²) in [6.45, 7) is 6.69. The molecule has 2 rings (SSSR count). The molecule has 0 spiro atoms. The number of piperazine rings is 1. The van der Waals surface area contributed by atoms with Gasteiger partial charge in [-0.1, -0.05) is 18.2 Å². The molecule has 122 valence electrons. The highest BCUT2D eigenvalue weighted by Crippen LogP contribution is 2.20. The van der Waals surface area contributed by atoms with E-state index in [1.54, 1.807) is 0 Å². The van der Waals surface area contributed by atoms with Gasteiger partial charge in [0.25, 0.3) is 0 Å². The first-order valence-corrected chi connectivity index (χ1v) is 8.06. The van der Waals surface area contributed by atoms with Gasteiger partial charge < -0.3 is 14.7 Å². The molecule has 1 fully saturated rings. The second-order valence-corrected chi connectivity index (χ2v) is 5.49. The number of β-amino-alcohol motifs (C(OH)–C–C–N with tert-alkyl or cyclic N) is 1. The summed E-state index contributed by atoms with van der Waals surface area (Å²) in [5.74, 6) is 1.08. The molecule has 0 radical (unpaired) electrons. The van der Waals surface area contributed by atoms with E-state index in [1.165, 1.54) is 0 Å². The van der Waals surface area contributed by atoms with Crippen LogP contribution in [0.3, 0.4) is 0 Å². The lowest BCUT2D eigenvalue weighted by Gasteiger charge is -2.34. The minimum atomic E-state index is 0.183. The zero-order valence-electron chi connectivity index (χ0n) is 13.3. The van der Waals surface area contributed by atoms with E-state index in [2.05, 4.69) is 4.90 Å². The van der Waals surface area contributed by atoms with Crippen molar-refractivity contribution in [1.29, 1.82) is 0 Å². The fourth-order valence-corrected chi connectivity index (χ4v) is 2.77. The maximum Gasteiger partial charge on any atom is 0.222 e. The van der Waals surface area contributed by atoms with E-state index < -0.39 is 0 Å². The van der Waals surface area contributed by atoms with Crippen LogP contribution in [0.25, 0.3) is 0 Å². The van der Waals surface area contributed by atoms with Crippen molar-refractivity contribution in [2.24, 2.45) is 0 Å². The minimum Gasteiger partial charge on any atom is -0.494 e. The van der Waals surface area contributed by atoms with Gasteiger partial charge in [0.1, 0.15) is 5.75 Å². The molecule has 1 N–H and O–H groups in total. The van der Waals surface area contributed by atoms with Gasteiger partial charge in [-0.2, -0.15) is 0 Å². The third kappa shape index (κ3) is 4.71. The first kappa shape index (κ1) is 16.8. The average Bonchev–Trinajstić information content (AvgIpc) is 2.55. The molecule has 1 aromatic rings. The zero-order valence-corrected chi connectivity index (χ0v) is 13.3. The summed E-state index contributed by atoms with van der Waals surface area (Å²) >= 11 is 0. The van der Waals surface area contributed by atoms with E-state index in [1.807, 2.05) is 36.1 Å². The summed E-state index contributed by atoms with van der Waals surface area (Å²) in [4.78, 5) is 16.4. The number of benzene rings is 1. The molecule has 5 nitrogen and oxygen atoms in total. The van der Waals surface area contributed by atoms with Gasteiger partial charge in [0.15, 0.2) is 0 Å². The molecule has 22 heavy (non-hydrogen) atoms. The van der Waals surface area contributed by atoms with Gasteiger partial charge in [-0.15, -0.1) is 0 Å². The molecule has 1 aromatic carbocycles. The van der Waals surface area contributed by atoms with Crippen LogP contribution in [-0.4, -0.2) is 66.8 Å². The van der Waals surface area contributed by atoms with Crippen molar-refractivity contribution < 1.29 is 14.6 Å². The quantitative estimate of drug-likeness (QED) is 0.821. The number of carbonyl (C=O) groups excluding carboxylic acids is 1. The van der Waals surface area contributed by atoms with Crippen molar-refractivity contribution in [3.63, 3.8) is 0 Å². The van der Waals surface area contributed by atoms with Crippen LogP contribution >= 0.6 is 0 Å². The molecule has 0 atom stereocenters. The largest absolute Gasteiger partial charge is 0.494 e. The Kier molecular flexibility index (Phi) is 6.68. The highest BCUT2D eigenvalue weighted by Gasteiger charge is 2.20. The van der Waals surface area contributed by atoms with Crippen LogP contribution in [0, 0.1) is 0 Å². The third-order valence-corrected chi connectivity index (χ3v) is 4.02. The number of hydrogen-bond donors (Lipinski definition) is 1. The van der Waals surface area contributed by atoms with Crippen LogP contribution in [0.15, 0.2) is 24.3 Å². The SMILES string of the molecule is CCOc1ccccc1CCC(=O)N1CCN(CCO)CC1. The van der Waals surface area contributed by atoms with Gasteiger partial charge in [-0.3, -0.25) is 9.69 Å². The van der Waals surface area contributed by atoms with Gasteiger partial charge in [0.05, 0.1) is 13.2 Å². The zero-order chi connectivity index (χ0) is 15.8. The fraction of sp³-hybridized carbons (Fsp3) is 0.588. The van der Waals surface area contributed by atoms with Crippen molar-refractivity contribution in [2.45, 2.75) is 19.8 Å². The van der Waals surface area contributed by atoms with Gasteiger partial charge in [-0.05, 0) is 25.0 Å². The average molecular weight is 306 g/mol. The second-order valence-electron chi connectivity index (χ2n) is 5.49. The third-order valence-electron chi connectivity index (χ3n) is 4.02. The highest BCUT2D eigenvalue weighted by molar-refractivity contribution is 5.76. The summed E-state index contributed by atoms with van der Waals surface area (Å²) in [7, 11) is 0. The molecular formula is C17H26N2O3. The molecule has 0 saturated carbocycles. The van der Waals surface area contributed by atoms with E-state index in [0.717, 1.165) is 37.5 Å². The molecule has 1 saturated heterocycles. The number of hydrogen-bond acceptors (Lipinski definition) is 4. The van der Waals surface area contributed by atoms with E-state index in [4.69, 9.17) is 9.84 Å². The maximum atomic E-state index is 12.3. The van der Waals surface area contributed by atoms with Crippen LogP contribution in [-0.2, 0) is 11.2 Å². The van der Waals surface area contributed by atoms with E-state index >= 15 is 0 Å². The molecule has 0 bridgehead atoms. The van der Waals surface area contributed by atoms with Crippen LogP contribution < -0.4 is 4.74 Å². The predicted octanol–water partition coefficient (Wildman–Crippen LogP) is 1.15. The van der Waals surface area contributed by atoms with Gasteiger partial charge in [-0.25, -0.2) is 0 Å². The number of amides is 1. The summed E-state index contributed by atoms with van der Waals surface area (Å²) in [6, 6.07) is 7.92. The number of aryl methyl sites for hydroxylation is 1. The van der Waals surface area contributed by atoms with Crippen molar-refractivity contribution in [3.8, 4) is 5.75 Å². The lowest BCUT2D eigenvalue weighted by Crippen LogP contribution is -2.49. The molecule has 1 heterocycles. The molecule has 5 heteroatoms. The number of carbonyl (C=O) groups is 1. The number of ether oxygens (including phenoxy) is 1. The van der Waals surface area contributed by atoms with Crippen LogP contribution in [0.1, 0.15) is 18.9 Å². The molecule has 1 aliphatic heterocycles. The molecule has 1 aliphatic rings. The van der Waals surface area contributed by atoms with E-state index in [9.17, 15) is 4.79 Å². The molecular weight excluding hydrogens is 280 g/mol. The van der Waals surface area contributed by atoms with Crippen molar-refractivity contribution >= 4 is 5.91 Å². The highest BCUT2D eigenvalue weighted by atomic mass is 16.5. The Balaban J connectivity index is 1.81. The van der Waals surface area contributed by atoms with E-state index in [0.29, 0.717) is 26.0 Å². The van der Waals surface area contributed by atoms with Crippen LogP contribution in [0.2, 0.25) is 0 Å². The summed E-state index contributed by atoms with van der Waals surface area (Å²) < 4.78 is 5.60. The van der Waals surface area contributed by atoms with Gasteiger partial charge >= 0.3 is 0 Å². The topological polar surface area (TPSA) is 53.0 Å². The predicted molar refractivity (Wildman–Crippen MR) is 86.0 cm³/mol. The number of para-hydroxylation sites is 1. The van der Waals surface area contributed by atoms with Crippen molar-refractivity contribution in [1.82, 2.24) is 9.80 Å². The fourth-order valence-electron chi connectivity index (χ4n) is 2.77. The van der Waals surface area contributed by atoms with Crippen molar-refractivity contribution in [2.75, 3.05) is 45.9 Å². The van der Waals surface area contributed by atoms with Crippen LogP contribution in [0.5, 0.6) is 5.75 Å². The number of aliphatic hydroxyl groups is 1. The van der Waals surface area contributed by atoms with Gasteiger partial charge in [0.2, 0.25) is 5.91 Å². The smallest absolute Gasteiger partial charge is 0.222 e. The monoisotopic (exact) mass is 306 g/mol. The minimum absolute atomic E-state index is 0.183. The summed E-state index contributed by atoms with van der Waals surface area (Å²) in [5, 5.41) is 8.94. The maximum absolute atomic E-state index is 12.3. The Bertz CT molecular complexity index is 471. The molecule has 0 aromatic heterocycles. The Morgan fingerprint density at radius 1 is 1.23 bits per heavy atom. The second kappa shape index (κ2) is 8.76. The Morgan fingerprint density at radius 2 is 1.95 bits per heavy atom. The van der Waals surface area contributed by atoms with E-state index in [-0.39, 0.29) is 12.5 Å². The lowest BCUT2D eigenvalue weighted by molar-refractivity contribution is -0.132. The normalized spacial score (nSPS) is 15.8. The number of nitrogens with zero attached hydrogens (tertiary/aromatic N) is 2. The summed E-state index contributed by atoms with van der Waals surface area (Å²) in [6.07, 6.45) is 1.23. The molecule has 0 unspecified atom stereocenters. The first-order chi connectivity index (χ1) is 10.7. The Labute approximate surface area is 132 Å². The van der Waals surface area contributed by atoms with Gasteiger partial charge in [0, 0.05) is 39.1 Å². The standard InChI is InChI=1S/C17H26N2O3/c1-2-22-16-6-4-3-5-15(16)7-8-17(21)19-11-9-18(10-12-19)13-14-20/h3-6,20H,2,7-14H2,1H3. The lowest BCUT2D eigenvalue weighted by atomic mass is 10.1. The molecule has 0 aliphatic carbocycles. The van der Waals surface area contributed by atoms with Crippen molar-refractivity contribution in [3.05, 3.63) is 29.8 Å². The first-order valence-electron chi connectivity index (χ1n) is 8.06. The van der Waals surface area contributed by atoms with Crippen LogP contribution in [0.4, 0.5) is 0 Å². The number of aliphatic hydroxyl groups excluding tert-OH is 1.